The van der Waals surface area contributed by atoms with Crippen LogP contribution in [0.1, 0.15) is 42.5 Å². The van der Waals surface area contributed by atoms with Crippen LogP contribution in [0.25, 0.3) is 27.4 Å². The number of pyridine rings is 1. The zero-order chi connectivity index (χ0) is 29.7. The minimum Gasteiger partial charge on any atom is -0.451 e. The van der Waals surface area contributed by atoms with Crippen molar-refractivity contribution in [3.05, 3.63) is 70.3 Å². The van der Waals surface area contributed by atoms with E-state index in [-0.39, 0.29) is 28.3 Å². The summed E-state index contributed by atoms with van der Waals surface area (Å²) in [6, 6.07) is 13.2. The van der Waals surface area contributed by atoms with Gasteiger partial charge in [0.25, 0.3) is 5.91 Å². The number of carbonyl (C=O) groups is 1. The van der Waals surface area contributed by atoms with Gasteiger partial charge in [-0.3, -0.25) is 9.59 Å². The largest absolute Gasteiger partial charge is 0.451 e. The number of ether oxygens (including phenoxy) is 1. The number of aliphatic hydroxyl groups excluding tert-OH is 1. The van der Waals surface area contributed by atoms with Crippen LogP contribution in [-0.2, 0) is 0 Å². The number of amides is 1. The molecule has 9 nitrogen and oxygen atoms in total. The number of hydrogen-bond donors (Lipinski definition) is 4. The van der Waals surface area contributed by atoms with Gasteiger partial charge >= 0.3 is 0 Å². The first-order chi connectivity index (χ1) is 20.9. The van der Waals surface area contributed by atoms with E-state index in [4.69, 9.17) is 4.74 Å². The van der Waals surface area contributed by atoms with E-state index in [1.54, 1.807) is 4.57 Å². The van der Waals surface area contributed by atoms with Gasteiger partial charge < -0.3 is 35.3 Å². The third-order valence-electron chi connectivity index (χ3n) is 9.25. The van der Waals surface area contributed by atoms with Gasteiger partial charge in [0.05, 0.1) is 11.1 Å². The Morgan fingerprint density at radius 1 is 1.19 bits per heavy atom. The maximum absolute atomic E-state index is 15.9. The molecule has 3 atom stereocenters. The molecule has 7 rings (SSSR count). The van der Waals surface area contributed by atoms with Crippen LogP contribution in [0.15, 0.2) is 53.5 Å². The molecule has 3 aliphatic rings. The molecule has 0 saturated carbocycles. The molecule has 0 radical (unpaired) electrons. The molecule has 224 valence electrons. The Kier molecular flexibility index (Phi) is 7.28. The Balaban J connectivity index is 1.33. The van der Waals surface area contributed by atoms with E-state index in [0.717, 1.165) is 62.0 Å². The standard InChI is InChI=1S/C33H36FN5O4/c1-38-13-5-9-22(38)10-12-36-33(42)24-18-39-26-14-19-6-2-3-7-20(19)15-27(26)43-31-28(25(34)16-23(29(31)39)30(24)40)37-32(41)21-8-4-11-35-17-21/h2-3,6-7,14-16,18,21-22,32,35,37,41H,4-5,8-13,17H2,1H3,(H,36,42). The number of halogens is 1. The third-order valence-corrected chi connectivity index (χ3v) is 9.25. The van der Waals surface area contributed by atoms with Gasteiger partial charge in [-0.2, -0.15) is 0 Å². The first kappa shape index (κ1) is 27.8. The Bertz CT molecular complexity index is 1780. The zero-order valence-electron chi connectivity index (χ0n) is 24.2. The lowest BCUT2D eigenvalue weighted by atomic mass is 9.97. The summed E-state index contributed by atoms with van der Waals surface area (Å²) in [6.07, 6.45) is 5.23. The van der Waals surface area contributed by atoms with E-state index >= 15 is 4.39 Å². The second-order valence-electron chi connectivity index (χ2n) is 12.0. The maximum Gasteiger partial charge on any atom is 0.256 e. The average molecular weight is 586 g/mol. The second-order valence-corrected chi connectivity index (χ2v) is 12.0. The van der Waals surface area contributed by atoms with Crippen molar-refractivity contribution in [3.8, 4) is 17.2 Å². The number of benzene rings is 3. The van der Waals surface area contributed by atoms with Crippen LogP contribution >= 0.6 is 0 Å². The molecule has 1 amide bonds. The van der Waals surface area contributed by atoms with Gasteiger partial charge in [-0.15, -0.1) is 0 Å². The Morgan fingerprint density at radius 2 is 2.00 bits per heavy atom. The molecule has 1 aromatic heterocycles. The number of likely N-dealkylation sites (tertiary alicyclic amines) is 1. The van der Waals surface area contributed by atoms with Crippen LogP contribution in [0.3, 0.4) is 0 Å². The lowest BCUT2D eigenvalue weighted by molar-refractivity contribution is 0.0948. The van der Waals surface area contributed by atoms with Gasteiger partial charge in [0.1, 0.15) is 23.0 Å². The fourth-order valence-corrected chi connectivity index (χ4v) is 6.80. The molecule has 2 fully saturated rings. The Morgan fingerprint density at radius 3 is 2.74 bits per heavy atom. The number of piperidine rings is 1. The smallest absolute Gasteiger partial charge is 0.256 e. The van der Waals surface area contributed by atoms with Crippen LogP contribution in [0.2, 0.25) is 0 Å². The average Bonchev–Trinajstić information content (AvgIpc) is 3.43. The molecular weight excluding hydrogens is 549 g/mol. The number of aliphatic hydroxyl groups is 1. The van der Waals surface area contributed by atoms with Crippen molar-refractivity contribution in [2.45, 2.75) is 44.4 Å². The fraction of sp³-hybridized carbons (Fsp3) is 0.394. The first-order valence-corrected chi connectivity index (χ1v) is 15.2. The Hall–Kier alpha value is -3.99. The molecule has 0 bridgehead atoms. The van der Waals surface area contributed by atoms with E-state index in [1.807, 2.05) is 36.4 Å². The predicted octanol–water partition coefficient (Wildman–Crippen LogP) is 4.33. The molecule has 0 aliphatic carbocycles. The van der Waals surface area contributed by atoms with Crippen LogP contribution in [0, 0.1) is 11.7 Å². The molecule has 4 N–H and O–H groups in total. The van der Waals surface area contributed by atoms with Gasteiger partial charge in [0.15, 0.2) is 17.3 Å². The summed E-state index contributed by atoms with van der Waals surface area (Å²) in [5.41, 5.74) is 0.323. The van der Waals surface area contributed by atoms with Crippen molar-refractivity contribution in [1.29, 1.82) is 0 Å². The summed E-state index contributed by atoms with van der Waals surface area (Å²) < 4.78 is 24.0. The Labute approximate surface area is 248 Å². The first-order valence-electron chi connectivity index (χ1n) is 15.2. The molecule has 10 heteroatoms. The van der Waals surface area contributed by atoms with Crippen LogP contribution < -0.4 is 26.1 Å². The SMILES string of the molecule is CN1CCCC1CCNC(=O)c1cn2c3c(c(NC(O)C4CCCNC4)c(F)cc3c1=O)Oc1cc3ccccc3cc1-2. The van der Waals surface area contributed by atoms with E-state index in [1.165, 1.54) is 6.20 Å². The maximum atomic E-state index is 15.9. The van der Waals surface area contributed by atoms with Crippen LogP contribution in [-0.4, -0.2) is 66.0 Å². The van der Waals surface area contributed by atoms with Gasteiger partial charge in [-0.25, -0.2) is 4.39 Å². The quantitative estimate of drug-likeness (QED) is 0.211. The molecule has 4 heterocycles. The third kappa shape index (κ3) is 5.03. The molecular formula is C33H36FN5O4. The molecule has 0 spiro atoms. The van der Waals surface area contributed by atoms with E-state index in [0.29, 0.717) is 36.1 Å². The molecule has 43 heavy (non-hydrogen) atoms. The van der Waals surface area contributed by atoms with Gasteiger partial charge in [0, 0.05) is 31.2 Å². The molecule has 3 aromatic carbocycles. The zero-order valence-corrected chi connectivity index (χ0v) is 24.2. The highest BCUT2D eigenvalue weighted by Crippen LogP contribution is 2.46. The van der Waals surface area contributed by atoms with Crippen LogP contribution in [0.5, 0.6) is 11.5 Å². The number of hydrogen-bond acceptors (Lipinski definition) is 7. The summed E-state index contributed by atoms with van der Waals surface area (Å²) in [7, 11) is 2.09. The molecule has 3 unspecified atom stereocenters. The summed E-state index contributed by atoms with van der Waals surface area (Å²) in [5, 5.41) is 22.1. The molecule has 4 aromatic rings. The van der Waals surface area contributed by atoms with Crippen molar-refractivity contribution < 1.29 is 19.0 Å². The number of nitrogens with zero attached hydrogens (tertiary/aromatic N) is 2. The number of carbonyl (C=O) groups excluding carboxylic acids is 1. The molecule has 2 saturated heterocycles. The monoisotopic (exact) mass is 585 g/mol. The molecule has 3 aliphatic heterocycles. The van der Waals surface area contributed by atoms with E-state index < -0.39 is 23.4 Å². The summed E-state index contributed by atoms with van der Waals surface area (Å²) in [6.45, 7) is 2.97. The predicted molar refractivity (Wildman–Crippen MR) is 165 cm³/mol. The lowest BCUT2D eigenvalue weighted by Gasteiger charge is -2.31. The summed E-state index contributed by atoms with van der Waals surface area (Å²) in [5.74, 6) is -0.786. The number of rotatable bonds is 7. The number of aromatic nitrogens is 1. The minimum atomic E-state index is -1.03. The summed E-state index contributed by atoms with van der Waals surface area (Å²) >= 11 is 0. The van der Waals surface area contributed by atoms with Gasteiger partial charge in [-0.1, -0.05) is 24.3 Å². The van der Waals surface area contributed by atoms with Crippen molar-refractivity contribution in [1.82, 2.24) is 20.1 Å². The minimum absolute atomic E-state index is 0.0181. The number of nitrogens with one attached hydrogen (secondary N) is 3. The topological polar surface area (TPSA) is 108 Å². The van der Waals surface area contributed by atoms with Gasteiger partial charge in [-0.05, 0) is 81.2 Å². The fourth-order valence-electron chi connectivity index (χ4n) is 6.80. The highest BCUT2D eigenvalue weighted by molar-refractivity contribution is 6.02. The van der Waals surface area contributed by atoms with Crippen molar-refractivity contribution in [2.75, 3.05) is 38.5 Å². The van der Waals surface area contributed by atoms with Crippen molar-refractivity contribution in [2.24, 2.45) is 5.92 Å². The van der Waals surface area contributed by atoms with Crippen LogP contribution in [0.4, 0.5) is 10.1 Å². The number of fused-ring (bicyclic) bond motifs is 3. The number of anilines is 1. The van der Waals surface area contributed by atoms with Crippen molar-refractivity contribution in [3.63, 3.8) is 0 Å². The van der Waals surface area contributed by atoms with E-state index in [9.17, 15) is 14.7 Å². The highest BCUT2D eigenvalue weighted by Gasteiger charge is 2.31. The lowest BCUT2D eigenvalue weighted by Crippen LogP contribution is -2.40. The summed E-state index contributed by atoms with van der Waals surface area (Å²) in [4.78, 5) is 29.5. The second kappa shape index (κ2) is 11.3. The van der Waals surface area contributed by atoms with E-state index in [2.05, 4.69) is 27.9 Å². The van der Waals surface area contributed by atoms with Crippen molar-refractivity contribution >= 4 is 33.3 Å². The van der Waals surface area contributed by atoms with Gasteiger partial charge in [0.2, 0.25) is 5.43 Å². The normalized spacial score (nSPS) is 20.5. The highest BCUT2D eigenvalue weighted by atomic mass is 19.1.